The number of nitrogens with zero attached hydrogens (tertiary/aromatic N) is 2. The number of thiophene rings is 1. The number of aryl methyl sites for hydroxylation is 1. The van der Waals surface area contributed by atoms with E-state index < -0.39 is 0 Å². The fourth-order valence-corrected chi connectivity index (χ4v) is 4.85. The largest absolute Gasteiger partial charge is 0.496 e. The molecule has 27 heavy (non-hydrogen) atoms. The summed E-state index contributed by atoms with van der Waals surface area (Å²) >= 11 is 1.59. The van der Waals surface area contributed by atoms with Crippen molar-refractivity contribution in [3.63, 3.8) is 0 Å². The third-order valence-corrected chi connectivity index (χ3v) is 6.27. The van der Waals surface area contributed by atoms with Gasteiger partial charge >= 0.3 is 0 Å². The number of anilines is 1. The maximum absolute atomic E-state index is 12.0. The van der Waals surface area contributed by atoms with Gasteiger partial charge in [-0.05, 0) is 57.2 Å². The molecule has 0 atom stereocenters. The molecule has 6 heteroatoms. The Kier molecular flexibility index (Phi) is 6.16. The van der Waals surface area contributed by atoms with Crippen LogP contribution in [0.25, 0.3) is 0 Å². The van der Waals surface area contributed by atoms with E-state index in [1.807, 2.05) is 12.1 Å². The van der Waals surface area contributed by atoms with Crippen LogP contribution >= 0.6 is 11.3 Å². The molecule has 1 amide bonds. The fourth-order valence-electron chi connectivity index (χ4n) is 3.62. The van der Waals surface area contributed by atoms with Crippen LogP contribution in [0.15, 0.2) is 23.2 Å². The average Bonchev–Trinajstić information content (AvgIpc) is 3.06. The molecule has 1 aromatic heterocycles. The monoisotopic (exact) mass is 385 g/mol. The van der Waals surface area contributed by atoms with Gasteiger partial charge in [-0.1, -0.05) is 0 Å². The van der Waals surface area contributed by atoms with Crippen molar-refractivity contribution in [3.8, 4) is 5.75 Å². The lowest BCUT2D eigenvalue weighted by molar-refractivity contribution is 0.100. The third kappa shape index (κ3) is 4.00. The van der Waals surface area contributed by atoms with Crippen molar-refractivity contribution in [2.24, 2.45) is 10.7 Å². The number of methoxy groups -OCH3 is 1. The number of fused-ring (bicyclic) bond motifs is 1. The van der Waals surface area contributed by atoms with Gasteiger partial charge in [-0.15, -0.1) is 11.3 Å². The average molecular weight is 386 g/mol. The second-order valence-electron chi connectivity index (χ2n) is 6.61. The van der Waals surface area contributed by atoms with Crippen LogP contribution < -0.4 is 15.4 Å². The van der Waals surface area contributed by atoms with Gasteiger partial charge in [0.25, 0.3) is 5.91 Å². The molecule has 0 unspecified atom stereocenters. The number of nitrogens with two attached hydrogens (primary N) is 1. The van der Waals surface area contributed by atoms with Crippen molar-refractivity contribution in [1.29, 1.82) is 0 Å². The first-order chi connectivity index (χ1) is 13.1. The summed E-state index contributed by atoms with van der Waals surface area (Å²) in [6.07, 6.45) is 5.97. The molecule has 0 radical (unpaired) electrons. The molecule has 1 heterocycles. The summed E-state index contributed by atoms with van der Waals surface area (Å²) in [5.41, 5.74) is 9.37. The maximum atomic E-state index is 12.0. The summed E-state index contributed by atoms with van der Waals surface area (Å²) in [6, 6.07) is 6.11. The second kappa shape index (κ2) is 8.57. The van der Waals surface area contributed by atoms with Gasteiger partial charge in [0.05, 0.1) is 12.7 Å². The molecule has 0 saturated carbocycles. The van der Waals surface area contributed by atoms with Crippen LogP contribution in [0.2, 0.25) is 0 Å². The van der Waals surface area contributed by atoms with Crippen LogP contribution in [0.3, 0.4) is 0 Å². The van der Waals surface area contributed by atoms with Crippen LogP contribution in [-0.4, -0.2) is 32.3 Å². The zero-order chi connectivity index (χ0) is 19.4. The minimum absolute atomic E-state index is 0.384. The Morgan fingerprint density at radius 3 is 2.70 bits per heavy atom. The predicted octanol–water partition coefficient (Wildman–Crippen LogP) is 4.33. The number of primary amides is 1. The van der Waals surface area contributed by atoms with E-state index in [0.717, 1.165) is 61.3 Å². The van der Waals surface area contributed by atoms with E-state index in [9.17, 15) is 4.79 Å². The molecule has 0 bridgehead atoms. The number of ether oxygens (including phenoxy) is 1. The summed E-state index contributed by atoms with van der Waals surface area (Å²) in [6.45, 7) is 6.15. The van der Waals surface area contributed by atoms with Crippen LogP contribution in [-0.2, 0) is 12.8 Å². The van der Waals surface area contributed by atoms with Crippen LogP contribution in [0.1, 0.15) is 53.1 Å². The second-order valence-corrected chi connectivity index (χ2v) is 7.70. The standard InChI is InChI=1S/C21H27N3O2S/c1-4-24(5-2)15-11-10-14(17(12-15)26-3)13-23-21-19(20(22)25)16-8-6-7-9-18(16)27-21/h10-13H,4-9H2,1-3H3,(H2,22,25). The maximum Gasteiger partial charge on any atom is 0.252 e. The molecule has 144 valence electrons. The molecule has 0 aliphatic heterocycles. The minimum Gasteiger partial charge on any atom is -0.496 e. The lowest BCUT2D eigenvalue weighted by Crippen LogP contribution is -2.21. The van der Waals surface area contributed by atoms with E-state index in [4.69, 9.17) is 10.5 Å². The summed E-state index contributed by atoms with van der Waals surface area (Å²) < 4.78 is 5.57. The number of amides is 1. The van der Waals surface area contributed by atoms with Gasteiger partial charge in [-0.3, -0.25) is 4.79 Å². The van der Waals surface area contributed by atoms with Crippen LogP contribution in [0, 0.1) is 0 Å². The van der Waals surface area contributed by atoms with Crippen molar-refractivity contribution >= 4 is 34.1 Å². The highest BCUT2D eigenvalue weighted by atomic mass is 32.1. The molecule has 0 fully saturated rings. The van der Waals surface area contributed by atoms with Gasteiger partial charge in [0.1, 0.15) is 10.8 Å². The first kappa shape index (κ1) is 19.4. The van der Waals surface area contributed by atoms with Gasteiger partial charge in [0.2, 0.25) is 0 Å². The van der Waals surface area contributed by atoms with Crippen LogP contribution in [0.5, 0.6) is 5.75 Å². The van der Waals surface area contributed by atoms with Gasteiger partial charge in [0, 0.05) is 41.5 Å². The van der Waals surface area contributed by atoms with E-state index in [2.05, 4.69) is 29.8 Å². The summed E-state index contributed by atoms with van der Waals surface area (Å²) in [5, 5.41) is 0.712. The quantitative estimate of drug-likeness (QED) is 0.721. The smallest absolute Gasteiger partial charge is 0.252 e. The van der Waals surface area contributed by atoms with E-state index >= 15 is 0 Å². The number of hydrogen-bond acceptors (Lipinski definition) is 5. The molecular weight excluding hydrogens is 358 g/mol. The lowest BCUT2D eigenvalue weighted by atomic mass is 9.95. The number of benzene rings is 1. The Hall–Kier alpha value is -2.34. The van der Waals surface area contributed by atoms with Gasteiger partial charge < -0.3 is 15.4 Å². The highest BCUT2D eigenvalue weighted by Gasteiger charge is 2.23. The Morgan fingerprint density at radius 1 is 1.30 bits per heavy atom. The van der Waals surface area contributed by atoms with E-state index in [1.165, 1.54) is 4.88 Å². The molecular formula is C21H27N3O2S. The molecule has 0 saturated heterocycles. The number of carbonyl (C=O) groups excluding carboxylic acids is 1. The molecule has 5 nitrogen and oxygen atoms in total. The van der Waals surface area contributed by atoms with Gasteiger partial charge in [-0.2, -0.15) is 0 Å². The third-order valence-electron chi connectivity index (χ3n) is 5.07. The topological polar surface area (TPSA) is 67.9 Å². The molecule has 2 aromatic rings. The van der Waals surface area contributed by atoms with Crippen molar-refractivity contribution in [3.05, 3.63) is 39.8 Å². The SMILES string of the molecule is CCN(CC)c1ccc(C=Nc2sc3c(c2C(N)=O)CCCC3)c(OC)c1. The molecule has 2 N–H and O–H groups in total. The summed E-state index contributed by atoms with van der Waals surface area (Å²) in [4.78, 5) is 20.1. The van der Waals surface area contributed by atoms with Gasteiger partial charge in [0.15, 0.2) is 0 Å². The zero-order valence-electron chi connectivity index (χ0n) is 16.2. The predicted molar refractivity (Wildman–Crippen MR) is 113 cm³/mol. The number of hydrogen-bond donors (Lipinski definition) is 1. The van der Waals surface area contributed by atoms with Crippen molar-refractivity contribution in [2.45, 2.75) is 39.5 Å². The highest BCUT2D eigenvalue weighted by molar-refractivity contribution is 7.16. The first-order valence-electron chi connectivity index (χ1n) is 9.50. The van der Waals surface area contributed by atoms with Crippen LogP contribution in [0.4, 0.5) is 10.7 Å². The minimum atomic E-state index is -0.384. The molecule has 3 rings (SSSR count). The number of carbonyl (C=O) groups is 1. The Bertz CT molecular complexity index is 853. The lowest BCUT2D eigenvalue weighted by Gasteiger charge is -2.22. The Morgan fingerprint density at radius 2 is 2.04 bits per heavy atom. The number of aliphatic imine (C=N–C) groups is 1. The molecule has 0 spiro atoms. The zero-order valence-corrected chi connectivity index (χ0v) is 17.1. The van der Waals surface area contributed by atoms with E-state index in [0.29, 0.717) is 10.6 Å². The fraction of sp³-hybridized carbons (Fsp3) is 0.429. The first-order valence-corrected chi connectivity index (χ1v) is 10.3. The van der Waals surface area contributed by atoms with Crippen molar-refractivity contribution in [2.75, 3.05) is 25.1 Å². The summed E-state index contributed by atoms with van der Waals surface area (Å²) in [5.74, 6) is 0.385. The van der Waals surface area contributed by atoms with E-state index in [1.54, 1.807) is 24.7 Å². The molecule has 1 aliphatic carbocycles. The molecule has 1 aliphatic rings. The van der Waals surface area contributed by atoms with E-state index in [-0.39, 0.29) is 5.91 Å². The van der Waals surface area contributed by atoms with Crippen molar-refractivity contribution in [1.82, 2.24) is 0 Å². The highest BCUT2D eigenvalue weighted by Crippen LogP contribution is 2.39. The number of rotatable bonds is 7. The Balaban J connectivity index is 1.94. The Labute approximate surface area is 164 Å². The summed E-state index contributed by atoms with van der Waals surface area (Å²) in [7, 11) is 1.66. The van der Waals surface area contributed by atoms with Crippen molar-refractivity contribution < 1.29 is 9.53 Å². The molecule has 1 aromatic carbocycles. The normalized spacial score (nSPS) is 13.6. The van der Waals surface area contributed by atoms with Gasteiger partial charge in [-0.25, -0.2) is 4.99 Å².